The Kier molecular flexibility index (Phi) is 5.13. The molecule has 0 saturated carbocycles. The molecule has 0 radical (unpaired) electrons. The minimum Gasteiger partial charge on any atom is -0.409 e. The van der Waals surface area contributed by atoms with Gasteiger partial charge in [0.25, 0.3) is 0 Å². The van der Waals surface area contributed by atoms with Gasteiger partial charge in [-0.15, -0.1) is 0 Å². The van der Waals surface area contributed by atoms with Crippen LogP contribution in [0.2, 0.25) is 0 Å². The average Bonchev–Trinajstić information content (AvgIpc) is 2.95. The largest absolute Gasteiger partial charge is 0.409 e. The predicted octanol–water partition coefficient (Wildman–Crippen LogP) is 0.748. The van der Waals surface area contributed by atoms with Gasteiger partial charge in [-0.1, -0.05) is 12.1 Å². The van der Waals surface area contributed by atoms with Crippen molar-refractivity contribution >= 4 is 22.5 Å². The number of nitrogens with zero attached hydrogens (tertiary/aromatic N) is 5. The highest BCUT2D eigenvalue weighted by atomic mass is 32.1. The average molecular weight is 298 g/mol. The van der Waals surface area contributed by atoms with E-state index in [1.165, 1.54) is 11.5 Å². The summed E-state index contributed by atoms with van der Waals surface area (Å²) >= 11 is 1.47. The third-order valence-electron chi connectivity index (χ3n) is 3.61. The number of anilines is 1. The minimum absolute atomic E-state index is 0.0350. The van der Waals surface area contributed by atoms with Crippen molar-refractivity contribution in [1.29, 1.82) is 0 Å². The summed E-state index contributed by atoms with van der Waals surface area (Å²) < 4.78 is 4.38. The van der Waals surface area contributed by atoms with Crippen LogP contribution < -0.4 is 10.6 Å². The molecule has 1 aliphatic heterocycles. The van der Waals surface area contributed by atoms with E-state index in [1.54, 1.807) is 0 Å². The summed E-state index contributed by atoms with van der Waals surface area (Å²) in [6, 6.07) is -0.0350. The van der Waals surface area contributed by atoms with Crippen LogP contribution in [0.4, 0.5) is 5.13 Å². The lowest BCUT2D eigenvalue weighted by atomic mass is 10.2. The lowest BCUT2D eigenvalue weighted by Crippen LogP contribution is -2.53. The van der Waals surface area contributed by atoms with Gasteiger partial charge in [0, 0.05) is 44.1 Å². The number of aryl methyl sites for hydroxylation is 1. The third-order valence-corrected chi connectivity index (χ3v) is 4.42. The molecule has 7 nitrogen and oxygen atoms in total. The van der Waals surface area contributed by atoms with E-state index in [0.717, 1.165) is 50.0 Å². The zero-order valence-corrected chi connectivity index (χ0v) is 12.8. The Bertz CT molecular complexity index is 455. The number of aromatic nitrogens is 2. The number of hydrogen-bond donors (Lipinski definition) is 2. The third kappa shape index (κ3) is 3.37. The van der Waals surface area contributed by atoms with Crippen molar-refractivity contribution in [3.63, 3.8) is 0 Å². The fourth-order valence-electron chi connectivity index (χ4n) is 2.27. The second-order valence-electron chi connectivity index (χ2n) is 4.97. The first-order valence-electron chi connectivity index (χ1n) is 6.94. The van der Waals surface area contributed by atoms with E-state index in [2.05, 4.69) is 31.2 Å². The van der Waals surface area contributed by atoms with E-state index in [9.17, 15) is 0 Å². The van der Waals surface area contributed by atoms with Gasteiger partial charge in [-0.05, 0) is 13.3 Å². The van der Waals surface area contributed by atoms with Crippen LogP contribution in [0, 0.1) is 0 Å². The zero-order valence-electron chi connectivity index (χ0n) is 12.0. The van der Waals surface area contributed by atoms with Gasteiger partial charge in [-0.2, -0.15) is 4.37 Å². The van der Waals surface area contributed by atoms with E-state index >= 15 is 0 Å². The molecule has 2 rings (SSSR count). The standard InChI is InChI=1S/C12H22N6OS/c1-3-4-10-14-12(20-16-10)18-7-5-17(6-8-18)9(2)11(13)15-19/h9,19H,3-8H2,1-2H3,(H2,13,15). The number of piperazine rings is 1. The van der Waals surface area contributed by atoms with Crippen LogP contribution in [0.25, 0.3) is 0 Å². The first-order valence-corrected chi connectivity index (χ1v) is 7.72. The maximum absolute atomic E-state index is 8.73. The summed E-state index contributed by atoms with van der Waals surface area (Å²) in [5, 5.41) is 12.8. The van der Waals surface area contributed by atoms with Crippen molar-refractivity contribution in [2.75, 3.05) is 31.1 Å². The molecular weight excluding hydrogens is 276 g/mol. The van der Waals surface area contributed by atoms with Crippen molar-refractivity contribution in [2.24, 2.45) is 10.9 Å². The smallest absolute Gasteiger partial charge is 0.205 e. The SMILES string of the molecule is CCCc1nsc(N2CCN(C(C)C(N)=NO)CC2)n1. The Balaban J connectivity index is 1.90. The highest BCUT2D eigenvalue weighted by molar-refractivity contribution is 7.09. The molecule has 0 bridgehead atoms. The molecule has 112 valence electrons. The molecule has 1 aromatic heterocycles. The second kappa shape index (κ2) is 6.85. The van der Waals surface area contributed by atoms with Gasteiger partial charge < -0.3 is 15.8 Å². The van der Waals surface area contributed by atoms with Crippen molar-refractivity contribution in [1.82, 2.24) is 14.3 Å². The summed E-state index contributed by atoms with van der Waals surface area (Å²) in [6.07, 6.45) is 2.01. The van der Waals surface area contributed by atoms with Crippen LogP contribution in [-0.2, 0) is 6.42 Å². The van der Waals surface area contributed by atoms with Crippen LogP contribution >= 0.6 is 11.5 Å². The lowest BCUT2D eigenvalue weighted by molar-refractivity contribution is 0.230. The highest BCUT2D eigenvalue weighted by Crippen LogP contribution is 2.20. The normalized spacial score (nSPS) is 19.3. The minimum atomic E-state index is -0.0350. The lowest BCUT2D eigenvalue weighted by Gasteiger charge is -2.37. The van der Waals surface area contributed by atoms with Gasteiger partial charge in [0.15, 0.2) is 5.84 Å². The van der Waals surface area contributed by atoms with Crippen LogP contribution in [0.5, 0.6) is 0 Å². The van der Waals surface area contributed by atoms with Crippen LogP contribution in [-0.4, -0.2) is 57.5 Å². The Morgan fingerprint density at radius 1 is 1.45 bits per heavy atom. The maximum atomic E-state index is 8.73. The van der Waals surface area contributed by atoms with Gasteiger partial charge in [-0.3, -0.25) is 4.90 Å². The summed E-state index contributed by atoms with van der Waals surface area (Å²) in [7, 11) is 0. The molecule has 0 amide bonds. The van der Waals surface area contributed by atoms with E-state index in [0.29, 0.717) is 0 Å². The molecule has 1 aromatic rings. The molecule has 1 atom stereocenters. The Labute approximate surface area is 123 Å². The predicted molar refractivity (Wildman–Crippen MR) is 80.6 cm³/mol. The topological polar surface area (TPSA) is 90.9 Å². The molecule has 20 heavy (non-hydrogen) atoms. The molecule has 0 aromatic carbocycles. The molecule has 8 heteroatoms. The molecule has 0 spiro atoms. The fraction of sp³-hybridized carbons (Fsp3) is 0.750. The van der Waals surface area contributed by atoms with Gasteiger partial charge in [0.1, 0.15) is 5.82 Å². The molecule has 2 heterocycles. The Morgan fingerprint density at radius 3 is 2.75 bits per heavy atom. The van der Waals surface area contributed by atoms with E-state index in [1.807, 2.05) is 6.92 Å². The zero-order chi connectivity index (χ0) is 14.5. The number of rotatable bonds is 5. The molecule has 1 saturated heterocycles. The van der Waals surface area contributed by atoms with Crippen molar-refractivity contribution in [3.8, 4) is 0 Å². The number of hydrogen-bond acceptors (Lipinski definition) is 7. The first-order chi connectivity index (χ1) is 9.65. The Hall–Kier alpha value is -1.41. The molecule has 1 unspecified atom stereocenters. The number of nitrogens with two attached hydrogens (primary N) is 1. The molecule has 3 N–H and O–H groups in total. The fourth-order valence-corrected chi connectivity index (χ4v) is 3.03. The second-order valence-corrected chi connectivity index (χ2v) is 5.70. The van der Waals surface area contributed by atoms with E-state index in [4.69, 9.17) is 10.9 Å². The summed E-state index contributed by atoms with van der Waals surface area (Å²) in [5.74, 6) is 1.21. The van der Waals surface area contributed by atoms with Crippen molar-refractivity contribution < 1.29 is 5.21 Å². The maximum Gasteiger partial charge on any atom is 0.205 e. The molecule has 0 aliphatic carbocycles. The van der Waals surface area contributed by atoms with Crippen molar-refractivity contribution in [3.05, 3.63) is 5.82 Å². The van der Waals surface area contributed by atoms with E-state index < -0.39 is 0 Å². The quantitative estimate of drug-likeness (QED) is 0.361. The van der Waals surface area contributed by atoms with Gasteiger partial charge in [0.05, 0.1) is 6.04 Å². The van der Waals surface area contributed by atoms with Gasteiger partial charge in [0.2, 0.25) is 5.13 Å². The summed E-state index contributed by atoms with van der Waals surface area (Å²) in [5.41, 5.74) is 5.65. The van der Waals surface area contributed by atoms with Gasteiger partial charge >= 0.3 is 0 Å². The molecule has 1 fully saturated rings. The van der Waals surface area contributed by atoms with Crippen molar-refractivity contribution in [2.45, 2.75) is 32.7 Å². The Morgan fingerprint density at radius 2 is 2.15 bits per heavy atom. The highest BCUT2D eigenvalue weighted by Gasteiger charge is 2.24. The monoisotopic (exact) mass is 298 g/mol. The summed E-state index contributed by atoms with van der Waals surface area (Å²) in [6.45, 7) is 7.62. The summed E-state index contributed by atoms with van der Waals surface area (Å²) in [4.78, 5) is 9.04. The molecular formula is C12H22N6OS. The number of amidine groups is 1. The van der Waals surface area contributed by atoms with Crippen LogP contribution in [0.3, 0.4) is 0 Å². The van der Waals surface area contributed by atoms with Gasteiger partial charge in [-0.25, -0.2) is 4.98 Å². The van der Waals surface area contributed by atoms with Crippen LogP contribution in [0.1, 0.15) is 26.1 Å². The van der Waals surface area contributed by atoms with Crippen LogP contribution in [0.15, 0.2) is 5.16 Å². The first kappa shape index (κ1) is 15.0. The van der Waals surface area contributed by atoms with E-state index in [-0.39, 0.29) is 11.9 Å². The number of oxime groups is 1. The molecule has 1 aliphatic rings.